The summed E-state index contributed by atoms with van der Waals surface area (Å²) in [6, 6.07) is 4.74. The second-order valence-corrected chi connectivity index (χ2v) is 5.85. The van der Waals surface area contributed by atoms with Crippen molar-refractivity contribution in [2.45, 2.75) is 31.6 Å². The molecule has 1 rings (SSSR count). The molecule has 0 atom stereocenters. The average molecular weight is 271 g/mol. The lowest BCUT2D eigenvalue weighted by Gasteiger charge is -2.24. The van der Waals surface area contributed by atoms with E-state index in [0.29, 0.717) is 5.69 Å². The van der Waals surface area contributed by atoms with Crippen LogP contribution in [0.15, 0.2) is 23.1 Å². The van der Waals surface area contributed by atoms with Crippen molar-refractivity contribution >= 4 is 21.4 Å². The fourth-order valence-electron chi connectivity index (χ4n) is 1.86. The summed E-state index contributed by atoms with van der Waals surface area (Å²) in [5.74, 6) is 0. The van der Waals surface area contributed by atoms with Gasteiger partial charge in [-0.15, -0.1) is 0 Å². The zero-order valence-electron chi connectivity index (χ0n) is 10.9. The Morgan fingerprint density at radius 3 is 2.11 bits per heavy atom. The third-order valence-corrected chi connectivity index (χ3v) is 3.49. The molecule has 0 aliphatic heterocycles. The van der Waals surface area contributed by atoms with Crippen LogP contribution in [0.1, 0.15) is 26.7 Å². The van der Waals surface area contributed by atoms with Crippen molar-refractivity contribution in [2.75, 3.05) is 23.7 Å². The number of benzene rings is 1. The summed E-state index contributed by atoms with van der Waals surface area (Å²) < 4.78 is 22.8. The molecule has 0 amide bonds. The standard InChI is InChI=1S/C12H21N3O2S/c1-3-5-15(6-4-2)11-7-10(13)8-12(9-11)18(14,16)17/h7-9H,3-6,13H2,1-2H3,(H2,14,16,17). The van der Waals surface area contributed by atoms with E-state index in [2.05, 4.69) is 18.7 Å². The highest BCUT2D eigenvalue weighted by Gasteiger charge is 2.13. The molecule has 0 saturated carbocycles. The molecule has 0 unspecified atom stereocenters. The third kappa shape index (κ3) is 3.89. The number of nitrogens with zero attached hydrogens (tertiary/aromatic N) is 1. The number of primary sulfonamides is 1. The minimum atomic E-state index is -3.72. The zero-order chi connectivity index (χ0) is 13.8. The Hall–Kier alpha value is -1.27. The summed E-state index contributed by atoms with van der Waals surface area (Å²) in [5, 5.41) is 5.14. The van der Waals surface area contributed by atoms with E-state index >= 15 is 0 Å². The summed E-state index contributed by atoms with van der Waals surface area (Å²) in [4.78, 5) is 2.18. The van der Waals surface area contributed by atoms with E-state index in [1.165, 1.54) is 6.07 Å². The molecule has 18 heavy (non-hydrogen) atoms. The van der Waals surface area contributed by atoms with Gasteiger partial charge in [0.2, 0.25) is 10.0 Å². The fourth-order valence-corrected chi connectivity index (χ4v) is 2.45. The van der Waals surface area contributed by atoms with Crippen LogP contribution >= 0.6 is 0 Å². The molecule has 0 aromatic heterocycles. The molecule has 0 saturated heterocycles. The summed E-state index contributed by atoms with van der Waals surface area (Å²) in [6.07, 6.45) is 1.97. The molecule has 1 aromatic rings. The number of nitrogens with two attached hydrogens (primary N) is 2. The fraction of sp³-hybridized carbons (Fsp3) is 0.500. The SMILES string of the molecule is CCCN(CCC)c1cc(N)cc(S(N)(=O)=O)c1. The van der Waals surface area contributed by atoms with E-state index in [1.807, 2.05) is 0 Å². The van der Waals surface area contributed by atoms with Crippen LogP contribution in [0.25, 0.3) is 0 Å². The van der Waals surface area contributed by atoms with Crippen molar-refractivity contribution in [1.29, 1.82) is 0 Å². The van der Waals surface area contributed by atoms with E-state index < -0.39 is 10.0 Å². The second-order valence-electron chi connectivity index (χ2n) is 4.29. The summed E-state index contributed by atoms with van der Waals surface area (Å²) in [6.45, 7) is 5.88. The Kier molecular flexibility index (Phi) is 4.98. The number of sulfonamides is 1. The number of hydrogen-bond donors (Lipinski definition) is 2. The van der Waals surface area contributed by atoms with Crippen LogP contribution < -0.4 is 15.8 Å². The Bertz CT molecular complexity index is 494. The Labute approximate surface area is 109 Å². The van der Waals surface area contributed by atoms with Crippen LogP contribution in [-0.2, 0) is 10.0 Å². The molecule has 0 aliphatic rings. The molecular formula is C12H21N3O2S. The lowest BCUT2D eigenvalue weighted by molar-refractivity contribution is 0.597. The van der Waals surface area contributed by atoms with Crippen molar-refractivity contribution in [3.8, 4) is 0 Å². The van der Waals surface area contributed by atoms with Crippen LogP contribution in [0.4, 0.5) is 11.4 Å². The monoisotopic (exact) mass is 271 g/mol. The van der Waals surface area contributed by atoms with Gasteiger partial charge >= 0.3 is 0 Å². The van der Waals surface area contributed by atoms with Crippen molar-refractivity contribution in [2.24, 2.45) is 5.14 Å². The maximum atomic E-state index is 11.4. The molecule has 0 heterocycles. The largest absolute Gasteiger partial charge is 0.399 e. The van der Waals surface area contributed by atoms with Crippen LogP contribution in [0, 0.1) is 0 Å². The smallest absolute Gasteiger partial charge is 0.238 e. The maximum absolute atomic E-state index is 11.4. The molecule has 0 spiro atoms. The highest BCUT2D eigenvalue weighted by atomic mass is 32.2. The van der Waals surface area contributed by atoms with Crippen LogP contribution in [0.2, 0.25) is 0 Å². The molecule has 0 bridgehead atoms. The van der Waals surface area contributed by atoms with Gasteiger partial charge in [-0.2, -0.15) is 0 Å². The van der Waals surface area contributed by atoms with Crippen molar-refractivity contribution in [3.63, 3.8) is 0 Å². The topological polar surface area (TPSA) is 89.4 Å². The first-order chi connectivity index (χ1) is 8.38. The molecular weight excluding hydrogens is 250 g/mol. The van der Waals surface area contributed by atoms with Gasteiger partial charge in [0.05, 0.1) is 4.90 Å². The molecule has 4 N–H and O–H groups in total. The van der Waals surface area contributed by atoms with Gasteiger partial charge in [0.25, 0.3) is 0 Å². The molecule has 1 aromatic carbocycles. The number of anilines is 2. The molecule has 0 radical (unpaired) electrons. The summed E-state index contributed by atoms with van der Waals surface area (Å²) >= 11 is 0. The van der Waals surface area contributed by atoms with Gasteiger partial charge in [-0.25, -0.2) is 13.6 Å². The minimum Gasteiger partial charge on any atom is -0.399 e. The molecule has 0 aliphatic carbocycles. The molecule has 0 fully saturated rings. The highest BCUT2D eigenvalue weighted by Crippen LogP contribution is 2.23. The predicted octanol–water partition coefficient (Wildman–Crippen LogP) is 1.54. The Morgan fingerprint density at radius 1 is 1.11 bits per heavy atom. The highest BCUT2D eigenvalue weighted by molar-refractivity contribution is 7.89. The summed E-state index contributed by atoms with van der Waals surface area (Å²) in [7, 11) is -3.72. The van der Waals surface area contributed by atoms with Gasteiger partial charge < -0.3 is 10.6 Å². The molecule has 5 nitrogen and oxygen atoms in total. The van der Waals surface area contributed by atoms with E-state index in [1.54, 1.807) is 12.1 Å². The second kappa shape index (κ2) is 6.06. The predicted molar refractivity (Wildman–Crippen MR) is 75.0 cm³/mol. The minimum absolute atomic E-state index is 0.0645. The van der Waals surface area contributed by atoms with Crippen LogP contribution in [-0.4, -0.2) is 21.5 Å². The van der Waals surface area contributed by atoms with E-state index in [4.69, 9.17) is 10.9 Å². The Morgan fingerprint density at radius 2 is 1.67 bits per heavy atom. The van der Waals surface area contributed by atoms with Gasteiger partial charge in [-0.1, -0.05) is 13.8 Å². The number of hydrogen-bond acceptors (Lipinski definition) is 4. The summed E-state index contributed by atoms with van der Waals surface area (Å²) in [5.41, 5.74) is 6.96. The lowest BCUT2D eigenvalue weighted by atomic mass is 10.2. The van der Waals surface area contributed by atoms with Gasteiger partial charge in [-0.3, -0.25) is 0 Å². The Balaban J connectivity index is 3.18. The molecule has 102 valence electrons. The van der Waals surface area contributed by atoms with Gasteiger partial charge in [0.15, 0.2) is 0 Å². The first-order valence-corrected chi connectivity index (χ1v) is 7.61. The van der Waals surface area contributed by atoms with Crippen molar-refractivity contribution in [3.05, 3.63) is 18.2 Å². The van der Waals surface area contributed by atoms with Crippen molar-refractivity contribution in [1.82, 2.24) is 0 Å². The van der Waals surface area contributed by atoms with E-state index in [-0.39, 0.29) is 4.90 Å². The first-order valence-electron chi connectivity index (χ1n) is 6.06. The first kappa shape index (κ1) is 14.8. The average Bonchev–Trinajstić information content (AvgIpc) is 2.27. The van der Waals surface area contributed by atoms with Crippen LogP contribution in [0.3, 0.4) is 0 Å². The number of nitrogen functional groups attached to an aromatic ring is 1. The molecule has 6 heteroatoms. The van der Waals surface area contributed by atoms with Crippen molar-refractivity contribution < 1.29 is 8.42 Å². The lowest BCUT2D eigenvalue weighted by Crippen LogP contribution is -2.25. The van der Waals surface area contributed by atoms with Gasteiger partial charge in [-0.05, 0) is 31.0 Å². The quantitative estimate of drug-likeness (QED) is 0.768. The van der Waals surface area contributed by atoms with E-state index in [9.17, 15) is 8.42 Å². The van der Waals surface area contributed by atoms with E-state index in [0.717, 1.165) is 31.6 Å². The maximum Gasteiger partial charge on any atom is 0.238 e. The normalized spacial score (nSPS) is 11.5. The van der Waals surface area contributed by atoms with Gasteiger partial charge in [0.1, 0.15) is 0 Å². The van der Waals surface area contributed by atoms with Gasteiger partial charge in [0, 0.05) is 24.5 Å². The van der Waals surface area contributed by atoms with Crippen LogP contribution in [0.5, 0.6) is 0 Å². The number of rotatable bonds is 6. The third-order valence-electron chi connectivity index (χ3n) is 2.59. The zero-order valence-corrected chi connectivity index (χ0v) is 11.7.